The van der Waals surface area contributed by atoms with E-state index in [0.29, 0.717) is 17.9 Å². The first-order valence-corrected chi connectivity index (χ1v) is 8.74. The van der Waals surface area contributed by atoms with Crippen molar-refractivity contribution >= 4 is 29.3 Å². The van der Waals surface area contributed by atoms with Crippen molar-refractivity contribution in [3.05, 3.63) is 65.7 Å². The number of carbonyl (C=O) groups is 2. The molecule has 3 amide bonds. The van der Waals surface area contributed by atoms with Crippen LogP contribution < -0.4 is 20.8 Å². The molecule has 3 rings (SSSR count). The van der Waals surface area contributed by atoms with E-state index in [4.69, 9.17) is 17.0 Å². The fraction of sp³-hybridized carbons (Fsp3) is 0.211. The third-order valence-corrected chi connectivity index (χ3v) is 4.60. The minimum Gasteiger partial charge on any atom is -0.497 e. The monoisotopic (exact) mass is 384 g/mol. The highest BCUT2D eigenvalue weighted by molar-refractivity contribution is 7.80. The smallest absolute Gasteiger partial charge is 0.344 e. The summed E-state index contributed by atoms with van der Waals surface area (Å²) >= 11 is 5.21. The number of thiocarbonyl (C=S) groups is 1. The number of amides is 3. The Labute approximate surface area is 162 Å². The van der Waals surface area contributed by atoms with E-state index in [-0.39, 0.29) is 5.11 Å². The largest absolute Gasteiger partial charge is 0.497 e. The van der Waals surface area contributed by atoms with Gasteiger partial charge in [0.15, 0.2) is 5.11 Å². The van der Waals surface area contributed by atoms with Gasteiger partial charge in [0.25, 0.3) is 5.91 Å². The van der Waals surface area contributed by atoms with Crippen LogP contribution in [0.15, 0.2) is 54.6 Å². The van der Waals surface area contributed by atoms with Crippen molar-refractivity contribution in [2.75, 3.05) is 7.11 Å². The number of carbonyl (C=O) groups excluding carboxylic acids is 2. The van der Waals surface area contributed by atoms with E-state index in [1.54, 1.807) is 38.3 Å². The first-order valence-electron chi connectivity index (χ1n) is 8.33. The van der Waals surface area contributed by atoms with Gasteiger partial charge >= 0.3 is 6.03 Å². The minimum atomic E-state index is -1.19. The average molecular weight is 384 g/mol. The predicted octanol–water partition coefficient (Wildman–Crippen LogP) is 2.04. The van der Waals surface area contributed by atoms with Crippen LogP contribution in [-0.2, 0) is 16.9 Å². The Hall–Kier alpha value is -3.13. The third-order valence-electron chi connectivity index (χ3n) is 4.37. The topological polar surface area (TPSA) is 82.7 Å². The van der Waals surface area contributed by atoms with Gasteiger partial charge in [0.05, 0.1) is 7.11 Å². The van der Waals surface area contributed by atoms with Crippen molar-refractivity contribution in [2.45, 2.75) is 19.0 Å². The zero-order chi connectivity index (χ0) is 19.4. The number of nitrogens with one attached hydrogen (secondary N) is 3. The highest BCUT2D eigenvalue weighted by Gasteiger charge is 2.49. The standard InChI is InChI=1S/C19H20N4O3S/c1-19(14-8-10-15(26-2)11-9-14)16(24)23(18(25)21-19)22-17(27)20-12-13-6-4-3-5-7-13/h3-11H,12H2,1-2H3,(H,21,25)(H2,20,22,27)/t19-/m0/s1. The minimum absolute atomic E-state index is 0.182. The molecule has 0 aliphatic carbocycles. The summed E-state index contributed by atoms with van der Waals surface area (Å²) < 4.78 is 5.13. The molecule has 1 aliphatic rings. The number of nitrogens with zero attached hydrogens (tertiary/aromatic N) is 1. The van der Waals surface area contributed by atoms with E-state index in [1.807, 2.05) is 30.3 Å². The van der Waals surface area contributed by atoms with Gasteiger partial charge in [-0.05, 0) is 42.4 Å². The molecule has 7 nitrogen and oxygen atoms in total. The molecule has 0 bridgehead atoms. The molecule has 2 aromatic rings. The molecule has 8 heteroatoms. The van der Waals surface area contributed by atoms with Gasteiger partial charge < -0.3 is 15.4 Å². The summed E-state index contributed by atoms with van der Waals surface area (Å²) in [5, 5.41) is 6.76. The molecule has 0 radical (unpaired) electrons. The van der Waals surface area contributed by atoms with Crippen LogP contribution >= 0.6 is 12.2 Å². The van der Waals surface area contributed by atoms with Gasteiger partial charge in [-0.25, -0.2) is 4.79 Å². The van der Waals surface area contributed by atoms with Crippen LogP contribution in [0, 0.1) is 0 Å². The summed E-state index contributed by atoms with van der Waals surface area (Å²) in [7, 11) is 1.56. The molecule has 1 fully saturated rings. The van der Waals surface area contributed by atoms with Gasteiger partial charge in [0.1, 0.15) is 11.3 Å². The second kappa shape index (κ2) is 7.63. The summed E-state index contributed by atoms with van der Waals surface area (Å²) in [5.41, 5.74) is 3.15. The Kier molecular flexibility index (Phi) is 5.27. The van der Waals surface area contributed by atoms with Crippen molar-refractivity contribution in [1.29, 1.82) is 0 Å². The lowest BCUT2D eigenvalue weighted by molar-refractivity contribution is -0.132. The average Bonchev–Trinajstić information content (AvgIpc) is 2.91. The Morgan fingerprint density at radius 1 is 1.15 bits per heavy atom. The molecule has 0 unspecified atom stereocenters. The summed E-state index contributed by atoms with van der Waals surface area (Å²) in [6.07, 6.45) is 0. The number of hydrogen-bond donors (Lipinski definition) is 3. The predicted molar refractivity (Wildman–Crippen MR) is 105 cm³/mol. The van der Waals surface area contributed by atoms with Crippen LogP contribution in [0.4, 0.5) is 4.79 Å². The van der Waals surface area contributed by atoms with Crippen LogP contribution in [0.3, 0.4) is 0 Å². The Morgan fingerprint density at radius 2 is 1.81 bits per heavy atom. The van der Waals surface area contributed by atoms with Gasteiger partial charge in [-0.15, -0.1) is 0 Å². The van der Waals surface area contributed by atoms with Crippen molar-refractivity contribution in [3.63, 3.8) is 0 Å². The summed E-state index contributed by atoms with van der Waals surface area (Å²) in [4.78, 5) is 25.2. The van der Waals surface area contributed by atoms with E-state index in [2.05, 4.69) is 16.1 Å². The van der Waals surface area contributed by atoms with E-state index >= 15 is 0 Å². The maximum absolute atomic E-state index is 12.9. The van der Waals surface area contributed by atoms with Crippen LogP contribution in [0.5, 0.6) is 5.75 Å². The molecule has 0 aromatic heterocycles. The lowest BCUT2D eigenvalue weighted by Crippen LogP contribution is -2.51. The first-order chi connectivity index (χ1) is 12.9. The molecule has 0 saturated carbocycles. The third kappa shape index (κ3) is 3.85. The number of rotatable bonds is 5. The lowest BCUT2D eigenvalue weighted by Gasteiger charge is -2.23. The zero-order valence-electron chi connectivity index (χ0n) is 15.0. The van der Waals surface area contributed by atoms with Gasteiger partial charge in [-0.3, -0.25) is 10.2 Å². The fourth-order valence-electron chi connectivity index (χ4n) is 2.78. The molecule has 2 aromatic carbocycles. The van der Waals surface area contributed by atoms with Crippen LogP contribution in [-0.4, -0.2) is 29.2 Å². The second-order valence-corrected chi connectivity index (χ2v) is 6.61. The maximum Gasteiger partial charge on any atom is 0.344 e. The van der Waals surface area contributed by atoms with Gasteiger partial charge in [-0.2, -0.15) is 5.01 Å². The number of hydrazine groups is 1. The van der Waals surface area contributed by atoms with E-state index in [1.165, 1.54) is 0 Å². The SMILES string of the molecule is COc1ccc([C@]2(C)NC(=O)N(NC(=S)NCc3ccccc3)C2=O)cc1. The molecular formula is C19H20N4O3S. The summed E-state index contributed by atoms with van der Waals surface area (Å²) in [6, 6.07) is 16.1. The molecule has 1 heterocycles. The zero-order valence-corrected chi connectivity index (χ0v) is 15.8. The second-order valence-electron chi connectivity index (χ2n) is 6.20. The molecule has 1 saturated heterocycles. The normalized spacial score (nSPS) is 18.8. The number of urea groups is 1. The Morgan fingerprint density at radius 3 is 2.44 bits per heavy atom. The van der Waals surface area contributed by atoms with E-state index < -0.39 is 17.5 Å². The van der Waals surface area contributed by atoms with Crippen LogP contribution in [0.1, 0.15) is 18.1 Å². The number of imide groups is 1. The molecule has 1 aliphatic heterocycles. The summed E-state index contributed by atoms with van der Waals surface area (Å²) in [6.45, 7) is 2.13. The van der Waals surface area contributed by atoms with Gasteiger partial charge in [0.2, 0.25) is 0 Å². The molecule has 140 valence electrons. The van der Waals surface area contributed by atoms with Gasteiger partial charge in [-0.1, -0.05) is 42.5 Å². The van der Waals surface area contributed by atoms with Crippen molar-refractivity contribution < 1.29 is 14.3 Å². The molecule has 27 heavy (non-hydrogen) atoms. The fourth-order valence-corrected chi connectivity index (χ4v) is 2.94. The Bertz CT molecular complexity index is 857. The van der Waals surface area contributed by atoms with Crippen molar-refractivity contribution in [2.24, 2.45) is 0 Å². The summed E-state index contributed by atoms with van der Waals surface area (Å²) in [5.74, 6) is 0.224. The molecule has 3 N–H and O–H groups in total. The molecule has 1 atom stereocenters. The Balaban J connectivity index is 1.67. The van der Waals surface area contributed by atoms with Crippen LogP contribution in [0.25, 0.3) is 0 Å². The number of benzene rings is 2. The highest BCUT2D eigenvalue weighted by atomic mass is 32.1. The maximum atomic E-state index is 12.9. The first kappa shape index (κ1) is 18.7. The lowest BCUT2D eigenvalue weighted by atomic mass is 9.92. The van der Waals surface area contributed by atoms with Gasteiger partial charge in [0, 0.05) is 6.54 Å². The number of ether oxygens (including phenoxy) is 1. The van der Waals surface area contributed by atoms with Crippen molar-refractivity contribution in [1.82, 2.24) is 21.1 Å². The number of methoxy groups -OCH3 is 1. The van der Waals surface area contributed by atoms with Crippen molar-refractivity contribution in [3.8, 4) is 5.75 Å². The highest BCUT2D eigenvalue weighted by Crippen LogP contribution is 2.29. The quantitative estimate of drug-likeness (QED) is 0.541. The molecule has 0 spiro atoms. The van der Waals surface area contributed by atoms with E-state index in [9.17, 15) is 9.59 Å². The number of hydrogen-bond acceptors (Lipinski definition) is 4. The van der Waals surface area contributed by atoms with E-state index in [0.717, 1.165) is 10.6 Å². The van der Waals surface area contributed by atoms with Crippen LogP contribution in [0.2, 0.25) is 0 Å². The molecular weight excluding hydrogens is 364 g/mol.